The first kappa shape index (κ1) is 14.7. The number of carbonyl (C=O) groups is 1. The van der Waals surface area contributed by atoms with Crippen LogP contribution in [0.4, 0.5) is 0 Å². The van der Waals surface area contributed by atoms with Gasteiger partial charge in [-0.2, -0.15) is 0 Å². The summed E-state index contributed by atoms with van der Waals surface area (Å²) in [5.74, 6) is 0.543. The number of phenols is 1. The lowest BCUT2D eigenvalue weighted by Crippen LogP contribution is -2.51. The number of aromatic hydroxyl groups is 1. The second kappa shape index (κ2) is 5.32. The highest BCUT2D eigenvalue weighted by atomic mass is 16.5. The Morgan fingerprint density at radius 2 is 2.00 bits per heavy atom. The summed E-state index contributed by atoms with van der Waals surface area (Å²) in [5, 5.41) is 19.1. The van der Waals surface area contributed by atoms with E-state index >= 15 is 0 Å². The van der Waals surface area contributed by atoms with Crippen molar-refractivity contribution in [2.45, 2.75) is 44.9 Å². The van der Waals surface area contributed by atoms with Gasteiger partial charge in [0.1, 0.15) is 11.5 Å². The molecule has 1 aromatic rings. The fraction of sp³-hybridized carbons (Fsp3) is 0.533. The maximum Gasteiger partial charge on any atom is 0.263 e. The number of ether oxygens (including phenoxy) is 1. The first-order valence-electron chi connectivity index (χ1n) is 6.77. The molecule has 1 aliphatic rings. The van der Waals surface area contributed by atoms with E-state index in [1.807, 2.05) is 13.8 Å². The molecule has 110 valence electrons. The largest absolute Gasteiger partial charge is 0.508 e. The molecule has 2 rings (SSSR count). The number of amides is 1. The Bertz CT molecular complexity index is 483. The van der Waals surface area contributed by atoms with Gasteiger partial charge in [-0.15, -0.1) is 0 Å². The molecule has 0 aliphatic carbocycles. The Hall–Kier alpha value is -1.75. The number of hydrogen-bond acceptors (Lipinski definition) is 4. The number of aliphatic hydroxyl groups is 1. The van der Waals surface area contributed by atoms with Crippen molar-refractivity contribution in [2.75, 3.05) is 6.54 Å². The first-order valence-corrected chi connectivity index (χ1v) is 6.77. The monoisotopic (exact) mass is 279 g/mol. The van der Waals surface area contributed by atoms with Crippen molar-refractivity contribution in [3.8, 4) is 11.5 Å². The van der Waals surface area contributed by atoms with Gasteiger partial charge in [0.05, 0.1) is 11.6 Å². The predicted octanol–water partition coefficient (Wildman–Crippen LogP) is 1.53. The molecule has 0 saturated carbocycles. The Morgan fingerprint density at radius 1 is 1.40 bits per heavy atom. The molecule has 2 atom stereocenters. The van der Waals surface area contributed by atoms with E-state index < -0.39 is 17.7 Å². The molecule has 2 N–H and O–H groups in total. The molecule has 1 fully saturated rings. The van der Waals surface area contributed by atoms with Crippen LogP contribution >= 0.6 is 0 Å². The standard InChI is InChI=1S/C15H21NO4/c1-10(20-12-6-4-11(17)5-7-12)14(19)16-9-8-13(18)15(16,2)3/h4-7,10,13,17-18H,8-9H2,1-3H3. The number of carbonyl (C=O) groups excluding carboxylic acids is 1. The van der Waals surface area contributed by atoms with Crippen LogP contribution in [-0.4, -0.2) is 45.3 Å². The van der Waals surface area contributed by atoms with Gasteiger partial charge in [0.2, 0.25) is 0 Å². The zero-order valence-electron chi connectivity index (χ0n) is 12.0. The summed E-state index contributed by atoms with van der Waals surface area (Å²) < 4.78 is 5.59. The van der Waals surface area contributed by atoms with E-state index in [0.717, 1.165) is 0 Å². The van der Waals surface area contributed by atoms with Gasteiger partial charge in [-0.3, -0.25) is 4.79 Å². The van der Waals surface area contributed by atoms with Gasteiger partial charge in [0.15, 0.2) is 6.10 Å². The highest BCUT2D eigenvalue weighted by Gasteiger charge is 2.44. The van der Waals surface area contributed by atoms with Crippen molar-refractivity contribution in [3.63, 3.8) is 0 Å². The summed E-state index contributed by atoms with van der Waals surface area (Å²) in [4.78, 5) is 14.1. The molecule has 1 aromatic carbocycles. The second-order valence-electron chi connectivity index (χ2n) is 5.70. The number of phenolic OH excluding ortho intramolecular Hbond substituents is 1. The first-order chi connectivity index (χ1) is 9.32. The molecule has 20 heavy (non-hydrogen) atoms. The maximum absolute atomic E-state index is 12.4. The molecule has 1 heterocycles. The van der Waals surface area contributed by atoms with Crippen molar-refractivity contribution in [3.05, 3.63) is 24.3 Å². The lowest BCUT2D eigenvalue weighted by atomic mass is 9.98. The van der Waals surface area contributed by atoms with Crippen LogP contribution < -0.4 is 4.74 Å². The third kappa shape index (κ3) is 2.72. The molecule has 1 amide bonds. The Kier molecular flexibility index (Phi) is 3.90. The number of benzene rings is 1. The van der Waals surface area contributed by atoms with E-state index in [1.54, 1.807) is 24.0 Å². The molecule has 5 heteroatoms. The normalized spacial score (nSPS) is 22.6. The predicted molar refractivity (Wildman–Crippen MR) is 74.6 cm³/mol. The smallest absolute Gasteiger partial charge is 0.263 e. The van der Waals surface area contributed by atoms with Gasteiger partial charge in [0.25, 0.3) is 5.91 Å². The summed E-state index contributed by atoms with van der Waals surface area (Å²) in [7, 11) is 0. The molecule has 2 unspecified atom stereocenters. The minimum absolute atomic E-state index is 0.139. The number of rotatable bonds is 3. The van der Waals surface area contributed by atoms with Crippen LogP contribution in [0.3, 0.4) is 0 Å². The quantitative estimate of drug-likeness (QED) is 0.880. The van der Waals surface area contributed by atoms with E-state index in [-0.39, 0.29) is 11.7 Å². The van der Waals surface area contributed by atoms with Crippen LogP contribution in [0.25, 0.3) is 0 Å². The van der Waals surface area contributed by atoms with Gasteiger partial charge in [-0.05, 0) is 51.5 Å². The van der Waals surface area contributed by atoms with Gasteiger partial charge in [0, 0.05) is 6.54 Å². The fourth-order valence-electron chi connectivity index (χ4n) is 2.47. The molecule has 0 spiro atoms. The van der Waals surface area contributed by atoms with E-state index in [1.165, 1.54) is 12.1 Å². The van der Waals surface area contributed by atoms with Crippen LogP contribution in [0.15, 0.2) is 24.3 Å². The van der Waals surface area contributed by atoms with Gasteiger partial charge < -0.3 is 19.8 Å². The van der Waals surface area contributed by atoms with E-state index in [0.29, 0.717) is 18.7 Å². The summed E-state index contributed by atoms with van der Waals surface area (Å²) >= 11 is 0. The summed E-state index contributed by atoms with van der Waals surface area (Å²) in [6.45, 7) is 5.94. The summed E-state index contributed by atoms with van der Waals surface area (Å²) in [5.41, 5.74) is -0.566. The van der Waals surface area contributed by atoms with Crippen molar-refractivity contribution < 1.29 is 19.7 Å². The fourth-order valence-corrected chi connectivity index (χ4v) is 2.47. The zero-order chi connectivity index (χ0) is 14.9. The Labute approximate surface area is 118 Å². The molecule has 0 aromatic heterocycles. The average Bonchev–Trinajstić information content (AvgIpc) is 2.66. The lowest BCUT2D eigenvalue weighted by molar-refractivity contribution is -0.143. The van der Waals surface area contributed by atoms with Crippen LogP contribution in [0.5, 0.6) is 11.5 Å². The van der Waals surface area contributed by atoms with E-state index in [2.05, 4.69) is 0 Å². The van der Waals surface area contributed by atoms with Gasteiger partial charge in [-0.25, -0.2) is 0 Å². The third-order valence-electron chi connectivity index (χ3n) is 3.90. The van der Waals surface area contributed by atoms with Crippen molar-refractivity contribution in [1.82, 2.24) is 4.90 Å². The van der Waals surface area contributed by atoms with Gasteiger partial charge >= 0.3 is 0 Å². The topological polar surface area (TPSA) is 70.0 Å². The Balaban J connectivity index is 2.04. The van der Waals surface area contributed by atoms with Crippen molar-refractivity contribution in [1.29, 1.82) is 0 Å². The molecule has 0 radical (unpaired) electrons. The molecule has 5 nitrogen and oxygen atoms in total. The van der Waals surface area contributed by atoms with E-state index in [9.17, 15) is 15.0 Å². The molecule has 1 saturated heterocycles. The Morgan fingerprint density at radius 3 is 2.50 bits per heavy atom. The average molecular weight is 279 g/mol. The highest BCUT2D eigenvalue weighted by Crippen LogP contribution is 2.30. The molecule has 1 aliphatic heterocycles. The summed E-state index contributed by atoms with van der Waals surface area (Å²) in [6.07, 6.45) is -0.554. The maximum atomic E-state index is 12.4. The molecular weight excluding hydrogens is 258 g/mol. The second-order valence-corrected chi connectivity index (χ2v) is 5.70. The number of nitrogens with zero attached hydrogens (tertiary/aromatic N) is 1. The minimum Gasteiger partial charge on any atom is -0.508 e. The third-order valence-corrected chi connectivity index (χ3v) is 3.90. The molecule has 0 bridgehead atoms. The lowest BCUT2D eigenvalue weighted by Gasteiger charge is -2.35. The van der Waals surface area contributed by atoms with Crippen molar-refractivity contribution in [2.24, 2.45) is 0 Å². The number of likely N-dealkylation sites (tertiary alicyclic amines) is 1. The SMILES string of the molecule is CC(Oc1ccc(O)cc1)C(=O)N1CCC(O)C1(C)C. The minimum atomic E-state index is -0.635. The molecular formula is C15H21NO4. The zero-order valence-corrected chi connectivity index (χ0v) is 12.0. The number of hydrogen-bond donors (Lipinski definition) is 2. The van der Waals surface area contributed by atoms with Crippen LogP contribution in [0.2, 0.25) is 0 Å². The van der Waals surface area contributed by atoms with Crippen LogP contribution in [0, 0.1) is 0 Å². The number of aliphatic hydroxyl groups excluding tert-OH is 1. The van der Waals surface area contributed by atoms with E-state index in [4.69, 9.17) is 4.74 Å². The van der Waals surface area contributed by atoms with Crippen molar-refractivity contribution >= 4 is 5.91 Å². The van der Waals surface area contributed by atoms with Gasteiger partial charge in [-0.1, -0.05) is 0 Å². The van der Waals surface area contributed by atoms with Crippen LogP contribution in [0.1, 0.15) is 27.2 Å². The summed E-state index contributed by atoms with van der Waals surface area (Å²) in [6, 6.07) is 6.25. The van der Waals surface area contributed by atoms with Crippen LogP contribution in [-0.2, 0) is 4.79 Å². The highest BCUT2D eigenvalue weighted by molar-refractivity contribution is 5.82.